The van der Waals surface area contributed by atoms with Gasteiger partial charge in [-0.1, -0.05) is 104 Å². The third-order valence-electron chi connectivity index (χ3n) is 7.83. The van der Waals surface area contributed by atoms with Gasteiger partial charge in [0.1, 0.15) is 5.58 Å². The first-order valence-corrected chi connectivity index (χ1v) is 17.3. The molecule has 0 atom stereocenters. The van der Waals surface area contributed by atoms with Crippen LogP contribution in [0.1, 0.15) is 5.56 Å². The van der Waals surface area contributed by atoms with Gasteiger partial charge in [0.25, 0.3) is 0 Å². The van der Waals surface area contributed by atoms with Gasteiger partial charge in [-0.05, 0) is 59.0 Å². The molecule has 0 radical (unpaired) electrons. The average Bonchev–Trinajstić information content (AvgIpc) is 3.35. The molecule has 0 N–H and O–H groups in total. The molecule has 194 valence electrons. The fourth-order valence-corrected chi connectivity index (χ4v) is 6.84. The zero-order chi connectivity index (χ0) is 27.4. The number of fused-ring (bicyclic) bond motifs is 4. The molecule has 0 saturated heterocycles. The van der Waals surface area contributed by atoms with Gasteiger partial charge in [0.2, 0.25) is 5.71 Å². The molecule has 7 aromatic rings. The van der Waals surface area contributed by atoms with Gasteiger partial charge in [0.05, 0.1) is 19.3 Å². The van der Waals surface area contributed by atoms with Crippen LogP contribution in [-0.4, -0.2) is 18.0 Å². The van der Waals surface area contributed by atoms with Crippen molar-refractivity contribution >= 4 is 46.2 Å². The molecule has 40 heavy (non-hydrogen) atoms. The Balaban J connectivity index is 1.51. The van der Waals surface area contributed by atoms with Crippen LogP contribution in [0.25, 0.3) is 66.5 Å². The molecule has 0 aliphatic carbocycles. The van der Waals surface area contributed by atoms with Gasteiger partial charge >= 0.3 is 0 Å². The zero-order valence-corrected chi connectivity index (χ0v) is 24.2. The normalized spacial score (nSPS) is 12.0. The maximum absolute atomic E-state index is 6.07. The third kappa shape index (κ3) is 4.12. The number of furan rings is 1. The second kappa shape index (κ2) is 9.28. The number of hydrogen-bond donors (Lipinski definition) is 0. The molecule has 0 amide bonds. The Kier molecular flexibility index (Phi) is 5.68. The Morgan fingerprint density at radius 2 is 1.43 bits per heavy atom. The Morgan fingerprint density at radius 1 is 0.650 bits per heavy atom. The number of benzene rings is 4. The molecule has 3 aromatic heterocycles. The minimum absolute atomic E-state index is 0.656. The number of rotatable bonds is 4. The van der Waals surface area contributed by atoms with Crippen LogP contribution in [0.15, 0.2) is 114 Å². The lowest BCUT2D eigenvalue weighted by atomic mass is 9.91. The summed E-state index contributed by atoms with van der Waals surface area (Å²) in [7, 11) is -1.53. The molecule has 0 unspecified atom stereocenters. The largest absolute Gasteiger partial charge is 0.438 e. The van der Waals surface area contributed by atoms with Gasteiger partial charge in [-0.25, -0.2) is 9.97 Å². The standard InChI is InChI=1S/C36H30N2OSi/c1-23-11-10-16-34-35(23)31-19-25(22-37-36(31)39-34)33-21-29(30-20-26(40(2,3)4)17-18-32(30)38-33)28-15-9-8-14-27(28)24-12-6-5-7-13-24/h5-22H,1-4H3. The lowest BCUT2D eigenvalue weighted by molar-refractivity contribution is 0.654. The van der Waals surface area contributed by atoms with Crippen molar-refractivity contribution in [2.24, 2.45) is 0 Å². The summed E-state index contributed by atoms with van der Waals surface area (Å²) in [6, 6.07) is 36.7. The molecule has 0 aliphatic rings. The predicted octanol–water partition coefficient (Wildman–Crippen LogP) is 9.38. The summed E-state index contributed by atoms with van der Waals surface area (Å²) in [4.78, 5) is 9.92. The van der Waals surface area contributed by atoms with Crippen LogP contribution in [0, 0.1) is 6.92 Å². The topological polar surface area (TPSA) is 38.9 Å². The molecule has 7 rings (SSSR count). The van der Waals surface area contributed by atoms with E-state index in [0.717, 1.165) is 33.1 Å². The van der Waals surface area contributed by atoms with Crippen molar-refractivity contribution in [3.63, 3.8) is 0 Å². The molecule has 0 saturated carbocycles. The van der Waals surface area contributed by atoms with Crippen LogP contribution >= 0.6 is 0 Å². The molecule has 0 bridgehead atoms. The molecule has 4 heteroatoms. The molecule has 0 fully saturated rings. The van der Waals surface area contributed by atoms with E-state index in [1.54, 1.807) is 0 Å². The SMILES string of the molecule is Cc1cccc2oc3ncc(-c4cc(-c5ccccc5-c5ccccc5)c5cc([Si](C)(C)C)ccc5n4)cc3c12. The number of aryl methyl sites for hydroxylation is 1. The highest BCUT2D eigenvalue weighted by atomic mass is 28.3. The second-order valence-corrected chi connectivity index (χ2v) is 16.7. The van der Waals surface area contributed by atoms with Crippen molar-refractivity contribution in [2.45, 2.75) is 26.6 Å². The fraction of sp³-hybridized carbons (Fsp3) is 0.111. The second-order valence-electron chi connectivity index (χ2n) is 11.6. The fourth-order valence-electron chi connectivity index (χ4n) is 5.68. The minimum Gasteiger partial charge on any atom is -0.438 e. The third-order valence-corrected chi connectivity index (χ3v) is 9.88. The van der Waals surface area contributed by atoms with Gasteiger partial charge in [-0.2, -0.15) is 0 Å². The molecule has 3 nitrogen and oxygen atoms in total. The van der Waals surface area contributed by atoms with Crippen LogP contribution in [-0.2, 0) is 0 Å². The van der Waals surface area contributed by atoms with Crippen LogP contribution in [0.2, 0.25) is 19.6 Å². The van der Waals surface area contributed by atoms with Crippen molar-refractivity contribution in [3.8, 4) is 33.5 Å². The van der Waals surface area contributed by atoms with E-state index in [1.165, 1.54) is 38.4 Å². The van der Waals surface area contributed by atoms with Crippen molar-refractivity contribution < 1.29 is 4.42 Å². The highest BCUT2D eigenvalue weighted by Crippen LogP contribution is 2.39. The summed E-state index contributed by atoms with van der Waals surface area (Å²) in [6.45, 7) is 9.30. The van der Waals surface area contributed by atoms with Gasteiger partial charge in [-0.3, -0.25) is 0 Å². The van der Waals surface area contributed by atoms with Crippen LogP contribution in [0.5, 0.6) is 0 Å². The highest BCUT2D eigenvalue weighted by molar-refractivity contribution is 6.88. The van der Waals surface area contributed by atoms with Gasteiger partial charge < -0.3 is 4.42 Å². The van der Waals surface area contributed by atoms with Crippen LogP contribution < -0.4 is 5.19 Å². The van der Waals surface area contributed by atoms with Crippen molar-refractivity contribution in [1.82, 2.24) is 9.97 Å². The van der Waals surface area contributed by atoms with Crippen LogP contribution in [0.3, 0.4) is 0 Å². The van der Waals surface area contributed by atoms with E-state index < -0.39 is 8.07 Å². The number of hydrogen-bond acceptors (Lipinski definition) is 3. The van der Waals surface area contributed by atoms with Crippen LogP contribution in [0.4, 0.5) is 0 Å². The molecular formula is C36H30N2OSi. The van der Waals surface area contributed by atoms with E-state index in [1.807, 2.05) is 18.3 Å². The summed E-state index contributed by atoms with van der Waals surface area (Å²) in [5.41, 5.74) is 10.4. The van der Waals surface area contributed by atoms with Gasteiger partial charge in [0, 0.05) is 27.9 Å². The summed E-state index contributed by atoms with van der Waals surface area (Å²) < 4.78 is 6.07. The van der Waals surface area contributed by atoms with Crippen molar-refractivity contribution in [2.75, 3.05) is 0 Å². The minimum atomic E-state index is -1.53. The first kappa shape index (κ1) is 24.5. The Bertz CT molecular complexity index is 2050. The number of nitrogens with zero attached hydrogens (tertiary/aromatic N) is 2. The zero-order valence-electron chi connectivity index (χ0n) is 23.2. The number of aromatic nitrogens is 2. The summed E-state index contributed by atoms with van der Waals surface area (Å²) in [5.74, 6) is 0. The highest BCUT2D eigenvalue weighted by Gasteiger charge is 2.20. The average molecular weight is 535 g/mol. The Labute approximate surface area is 235 Å². The first-order chi connectivity index (χ1) is 19.4. The Hall–Kier alpha value is -4.54. The van der Waals surface area contributed by atoms with E-state index in [2.05, 4.69) is 118 Å². The quantitative estimate of drug-likeness (QED) is 0.211. The molecule has 0 aliphatic heterocycles. The van der Waals surface area contributed by atoms with E-state index in [0.29, 0.717) is 5.71 Å². The lowest BCUT2D eigenvalue weighted by Gasteiger charge is -2.19. The number of pyridine rings is 2. The van der Waals surface area contributed by atoms with Gasteiger partial charge in [0.15, 0.2) is 0 Å². The summed E-state index contributed by atoms with van der Waals surface area (Å²) in [5, 5.41) is 4.75. The Morgan fingerprint density at radius 3 is 2.23 bits per heavy atom. The molecule has 3 heterocycles. The van der Waals surface area contributed by atoms with Crippen molar-refractivity contribution in [3.05, 3.63) is 115 Å². The summed E-state index contributed by atoms with van der Waals surface area (Å²) in [6.07, 6.45) is 1.89. The predicted molar refractivity (Wildman–Crippen MR) is 171 cm³/mol. The summed E-state index contributed by atoms with van der Waals surface area (Å²) >= 11 is 0. The van der Waals surface area contributed by atoms with E-state index in [4.69, 9.17) is 14.4 Å². The molecular weight excluding hydrogens is 504 g/mol. The lowest BCUT2D eigenvalue weighted by Crippen LogP contribution is -2.37. The van der Waals surface area contributed by atoms with E-state index in [9.17, 15) is 0 Å². The maximum atomic E-state index is 6.07. The van der Waals surface area contributed by atoms with Gasteiger partial charge in [-0.15, -0.1) is 0 Å². The van der Waals surface area contributed by atoms with E-state index in [-0.39, 0.29) is 0 Å². The van der Waals surface area contributed by atoms with Crippen molar-refractivity contribution in [1.29, 1.82) is 0 Å². The monoisotopic (exact) mass is 534 g/mol. The smallest absolute Gasteiger partial charge is 0.227 e. The van der Waals surface area contributed by atoms with E-state index >= 15 is 0 Å². The first-order valence-electron chi connectivity index (χ1n) is 13.8. The maximum Gasteiger partial charge on any atom is 0.227 e. The molecule has 4 aromatic carbocycles. The molecule has 0 spiro atoms.